The maximum atomic E-state index is 11.3. The van der Waals surface area contributed by atoms with Crippen LogP contribution in [0.3, 0.4) is 0 Å². The van der Waals surface area contributed by atoms with Crippen molar-refractivity contribution in [2.45, 2.75) is 52.5 Å². The van der Waals surface area contributed by atoms with E-state index in [1.54, 1.807) is 6.33 Å². The molecule has 0 amide bonds. The summed E-state index contributed by atoms with van der Waals surface area (Å²) < 4.78 is 1.88. The SMILES string of the molecule is CCCC(=O)CCCc1ncnn1CC. The lowest BCUT2D eigenvalue weighted by Gasteiger charge is -2.02. The van der Waals surface area contributed by atoms with Crippen LogP contribution in [0.4, 0.5) is 0 Å². The van der Waals surface area contributed by atoms with Crippen LogP contribution in [0, 0.1) is 0 Å². The van der Waals surface area contributed by atoms with Gasteiger partial charge in [0.25, 0.3) is 0 Å². The second-order valence-electron chi connectivity index (χ2n) is 3.63. The first-order valence-corrected chi connectivity index (χ1v) is 5.66. The zero-order chi connectivity index (χ0) is 11.1. The van der Waals surface area contributed by atoms with Crippen LogP contribution in [0.25, 0.3) is 0 Å². The zero-order valence-corrected chi connectivity index (χ0v) is 9.57. The number of rotatable bonds is 7. The van der Waals surface area contributed by atoms with Gasteiger partial charge in [0.15, 0.2) is 0 Å². The topological polar surface area (TPSA) is 47.8 Å². The third-order valence-electron chi connectivity index (χ3n) is 2.38. The first-order chi connectivity index (χ1) is 7.27. The van der Waals surface area contributed by atoms with Crippen molar-refractivity contribution in [2.24, 2.45) is 0 Å². The van der Waals surface area contributed by atoms with E-state index in [1.165, 1.54) is 0 Å². The van der Waals surface area contributed by atoms with Gasteiger partial charge in [0.1, 0.15) is 17.9 Å². The Bertz CT molecular complexity index is 307. The monoisotopic (exact) mass is 209 g/mol. The largest absolute Gasteiger partial charge is 0.300 e. The van der Waals surface area contributed by atoms with Crippen molar-refractivity contribution in [3.63, 3.8) is 0 Å². The molecule has 1 aromatic rings. The smallest absolute Gasteiger partial charge is 0.138 e. The third kappa shape index (κ3) is 3.81. The number of nitrogens with zero attached hydrogens (tertiary/aromatic N) is 3. The third-order valence-corrected chi connectivity index (χ3v) is 2.38. The van der Waals surface area contributed by atoms with Crippen LogP contribution in [0.1, 0.15) is 45.4 Å². The van der Waals surface area contributed by atoms with Crippen LogP contribution in [0.15, 0.2) is 6.33 Å². The quantitative estimate of drug-likeness (QED) is 0.690. The molecule has 0 spiro atoms. The number of hydrogen-bond donors (Lipinski definition) is 0. The van der Waals surface area contributed by atoms with E-state index in [2.05, 4.69) is 10.1 Å². The molecule has 84 valence electrons. The Morgan fingerprint density at radius 3 is 2.87 bits per heavy atom. The highest BCUT2D eigenvalue weighted by Gasteiger charge is 2.04. The Balaban J connectivity index is 2.28. The first-order valence-electron chi connectivity index (χ1n) is 5.66. The zero-order valence-electron chi connectivity index (χ0n) is 9.57. The van der Waals surface area contributed by atoms with Gasteiger partial charge in [-0.15, -0.1) is 0 Å². The maximum Gasteiger partial charge on any atom is 0.138 e. The standard InChI is InChI=1S/C11H19N3O/c1-3-6-10(15)7-5-8-11-12-9-13-14(11)4-2/h9H,3-8H2,1-2H3. The molecule has 15 heavy (non-hydrogen) atoms. The highest BCUT2D eigenvalue weighted by molar-refractivity contribution is 5.78. The van der Waals surface area contributed by atoms with E-state index in [0.29, 0.717) is 18.6 Å². The number of ketones is 1. The number of carbonyl (C=O) groups excluding carboxylic acids is 1. The molecule has 0 aliphatic heterocycles. The summed E-state index contributed by atoms with van der Waals surface area (Å²) >= 11 is 0. The Morgan fingerprint density at radius 1 is 1.40 bits per heavy atom. The van der Waals surface area contributed by atoms with Crippen molar-refractivity contribution in [1.29, 1.82) is 0 Å². The fourth-order valence-electron chi connectivity index (χ4n) is 1.59. The van der Waals surface area contributed by atoms with Crippen LogP contribution >= 0.6 is 0 Å². The van der Waals surface area contributed by atoms with Gasteiger partial charge in [-0.05, 0) is 19.8 Å². The van der Waals surface area contributed by atoms with Gasteiger partial charge in [-0.25, -0.2) is 4.98 Å². The van der Waals surface area contributed by atoms with E-state index < -0.39 is 0 Å². The molecular weight excluding hydrogens is 190 g/mol. The predicted molar refractivity (Wildman–Crippen MR) is 58.5 cm³/mol. The minimum absolute atomic E-state index is 0.361. The summed E-state index contributed by atoms with van der Waals surface area (Å²) in [7, 11) is 0. The Hall–Kier alpha value is -1.19. The molecule has 0 N–H and O–H groups in total. The molecule has 0 fully saturated rings. The number of carbonyl (C=O) groups is 1. The molecule has 0 radical (unpaired) electrons. The van der Waals surface area contributed by atoms with Gasteiger partial charge < -0.3 is 0 Å². The van der Waals surface area contributed by atoms with E-state index >= 15 is 0 Å². The molecule has 4 nitrogen and oxygen atoms in total. The summed E-state index contributed by atoms with van der Waals surface area (Å²) in [5.74, 6) is 1.35. The summed E-state index contributed by atoms with van der Waals surface area (Å²) in [6.07, 6.45) is 5.64. The van der Waals surface area contributed by atoms with Crippen LogP contribution < -0.4 is 0 Å². The van der Waals surface area contributed by atoms with Gasteiger partial charge in [-0.1, -0.05) is 6.92 Å². The summed E-state index contributed by atoms with van der Waals surface area (Å²) in [4.78, 5) is 15.5. The fraction of sp³-hybridized carbons (Fsp3) is 0.727. The van der Waals surface area contributed by atoms with Gasteiger partial charge in [-0.2, -0.15) is 5.10 Å². The van der Waals surface area contributed by atoms with Gasteiger partial charge in [0, 0.05) is 25.8 Å². The molecule has 1 rings (SSSR count). The van der Waals surface area contributed by atoms with E-state index in [0.717, 1.165) is 31.6 Å². The minimum Gasteiger partial charge on any atom is -0.300 e. The molecule has 0 aliphatic rings. The first kappa shape index (κ1) is 11.9. The number of hydrogen-bond acceptors (Lipinski definition) is 3. The number of aromatic nitrogens is 3. The maximum absolute atomic E-state index is 11.3. The van der Waals surface area contributed by atoms with Gasteiger partial charge in [0.2, 0.25) is 0 Å². The van der Waals surface area contributed by atoms with Gasteiger partial charge in [-0.3, -0.25) is 9.48 Å². The van der Waals surface area contributed by atoms with E-state index in [-0.39, 0.29) is 0 Å². The molecule has 0 unspecified atom stereocenters. The van der Waals surface area contributed by atoms with E-state index in [1.807, 2.05) is 18.5 Å². The summed E-state index contributed by atoms with van der Waals surface area (Å²) in [6, 6.07) is 0. The normalized spacial score (nSPS) is 10.5. The van der Waals surface area contributed by atoms with E-state index in [9.17, 15) is 4.79 Å². The molecule has 4 heteroatoms. The van der Waals surface area contributed by atoms with Crippen LogP contribution in [0.2, 0.25) is 0 Å². The molecular formula is C11H19N3O. The van der Waals surface area contributed by atoms with Crippen molar-refractivity contribution in [3.8, 4) is 0 Å². The van der Waals surface area contributed by atoms with Crippen LogP contribution in [-0.2, 0) is 17.8 Å². The van der Waals surface area contributed by atoms with Crippen molar-refractivity contribution >= 4 is 5.78 Å². The van der Waals surface area contributed by atoms with Crippen molar-refractivity contribution in [1.82, 2.24) is 14.8 Å². The lowest BCUT2D eigenvalue weighted by Crippen LogP contribution is -2.05. The number of aryl methyl sites for hydroxylation is 2. The average Bonchev–Trinajstić information content (AvgIpc) is 2.66. The Kier molecular flexibility index (Phi) is 5.01. The molecule has 0 atom stereocenters. The predicted octanol–water partition coefficient (Wildman–Crippen LogP) is 1.99. The average molecular weight is 209 g/mol. The van der Waals surface area contributed by atoms with E-state index in [4.69, 9.17) is 0 Å². The van der Waals surface area contributed by atoms with Gasteiger partial charge >= 0.3 is 0 Å². The summed E-state index contributed by atoms with van der Waals surface area (Å²) in [5, 5.41) is 4.09. The lowest BCUT2D eigenvalue weighted by molar-refractivity contribution is -0.119. The molecule has 0 aromatic carbocycles. The molecule has 0 saturated heterocycles. The second kappa shape index (κ2) is 6.32. The molecule has 1 aromatic heterocycles. The second-order valence-corrected chi connectivity index (χ2v) is 3.63. The molecule has 0 saturated carbocycles. The molecule has 0 aliphatic carbocycles. The Morgan fingerprint density at radius 2 is 2.20 bits per heavy atom. The summed E-state index contributed by atoms with van der Waals surface area (Å²) in [6.45, 7) is 4.92. The summed E-state index contributed by atoms with van der Waals surface area (Å²) in [5.41, 5.74) is 0. The Labute approximate surface area is 90.7 Å². The minimum atomic E-state index is 0.361. The lowest BCUT2D eigenvalue weighted by atomic mass is 10.1. The van der Waals surface area contributed by atoms with Crippen LogP contribution in [0.5, 0.6) is 0 Å². The highest BCUT2D eigenvalue weighted by atomic mass is 16.1. The highest BCUT2D eigenvalue weighted by Crippen LogP contribution is 2.04. The van der Waals surface area contributed by atoms with Crippen molar-refractivity contribution in [3.05, 3.63) is 12.2 Å². The molecule has 0 bridgehead atoms. The molecule has 1 heterocycles. The fourth-order valence-corrected chi connectivity index (χ4v) is 1.59. The van der Waals surface area contributed by atoms with Gasteiger partial charge in [0.05, 0.1) is 0 Å². The van der Waals surface area contributed by atoms with Crippen molar-refractivity contribution < 1.29 is 4.79 Å². The number of Topliss-reactive ketones (excluding diaryl/α,β-unsaturated/α-hetero) is 1. The van der Waals surface area contributed by atoms with Crippen molar-refractivity contribution in [2.75, 3.05) is 0 Å². The van der Waals surface area contributed by atoms with Crippen LogP contribution in [-0.4, -0.2) is 20.5 Å².